The standard InChI is InChI=1S/C20H22FNO4/c1-3-16-17(21)19(25-12-13-7-5-4-6-8-13)18(26-16)14-9-10-22-15(11-14)20(23)24-2/h4-11,16-19H,3,12H2,1-2H3/t16-,17-,18+,19-/m1/s1. The van der Waals surface area contributed by atoms with Gasteiger partial charge >= 0.3 is 5.97 Å². The highest BCUT2D eigenvalue weighted by Crippen LogP contribution is 2.39. The topological polar surface area (TPSA) is 57.7 Å². The zero-order valence-electron chi connectivity index (χ0n) is 14.8. The molecule has 1 aliphatic heterocycles. The second-order valence-corrected chi connectivity index (χ2v) is 6.18. The van der Waals surface area contributed by atoms with Crippen molar-refractivity contribution in [2.24, 2.45) is 0 Å². The van der Waals surface area contributed by atoms with E-state index in [9.17, 15) is 9.18 Å². The maximum atomic E-state index is 14.9. The highest BCUT2D eigenvalue weighted by Gasteiger charge is 2.45. The first-order valence-corrected chi connectivity index (χ1v) is 8.63. The van der Waals surface area contributed by atoms with Crippen molar-refractivity contribution in [3.63, 3.8) is 0 Å². The molecule has 1 saturated heterocycles. The van der Waals surface area contributed by atoms with Crippen LogP contribution in [0.3, 0.4) is 0 Å². The van der Waals surface area contributed by atoms with Crippen LogP contribution in [-0.4, -0.2) is 36.4 Å². The first-order chi connectivity index (χ1) is 12.6. The molecular weight excluding hydrogens is 337 g/mol. The Morgan fingerprint density at radius 2 is 2.04 bits per heavy atom. The van der Waals surface area contributed by atoms with Crippen molar-refractivity contribution in [1.82, 2.24) is 4.98 Å². The molecule has 5 nitrogen and oxygen atoms in total. The van der Waals surface area contributed by atoms with Gasteiger partial charge in [0.05, 0.1) is 19.8 Å². The summed E-state index contributed by atoms with van der Waals surface area (Å²) in [6.07, 6.45) is -1.12. The number of alkyl halides is 1. The maximum Gasteiger partial charge on any atom is 0.356 e. The number of carbonyl (C=O) groups excluding carboxylic acids is 1. The monoisotopic (exact) mass is 359 g/mol. The molecular formula is C20H22FNO4. The summed E-state index contributed by atoms with van der Waals surface area (Å²) < 4.78 is 31.4. The van der Waals surface area contributed by atoms with Crippen LogP contribution in [0.5, 0.6) is 0 Å². The Labute approximate surface area is 152 Å². The van der Waals surface area contributed by atoms with E-state index in [-0.39, 0.29) is 12.3 Å². The normalized spacial score (nSPS) is 25.2. The van der Waals surface area contributed by atoms with E-state index >= 15 is 0 Å². The number of aromatic nitrogens is 1. The average molecular weight is 359 g/mol. The first-order valence-electron chi connectivity index (χ1n) is 8.63. The second-order valence-electron chi connectivity index (χ2n) is 6.18. The van der Waals surface area contributed by atoms with Gasteiger partial charge in [-0.3, -0.25) is 0 Å². The fourth-order valence-electron chi connectivity index (χ4n) is 3.10. The number of benzene rings is 1. The summed E-state index contributed by atoms with van der Waals surface area (Å²) in [5, 5.41) is 0. The maximum absolute atomic E-state index is 14.9. The average Bonchev–Trinajstić information content (AvgIpc) is 3.02. The van der Waals surface area contributed by atoms with E-state index < -0.39 is 30.5 Å². The van der Waals surface area contributed by atoms with Crippen molar-refractivity contribution < 1.29 is 23.4 Å². The minimum absolute atomic E-state index is 0.158. The first kappa shape index (κ1) is 18.5. The lowest BCUT2D eigenvalue weighted by molar-refractivity contribution is -0.0364. The van der Waals surface area contributed by atoms with Crippen molar-refractivity contribution in [2.75, 3.05) is 7.11 Å². The summed E-state index contributed by atoms with van der Waals surface area (Å²) in [5.41, 5.74) is 1.77. The molecule has 0 spiro atoms. The third-order valence-electron chi connectivity index (χ3n) is 4.48. The predicted octanol–water partition coefficient (Wildman–Crippen LogP) is 3.64. The lowest BCUT2D eigenvalue weighted by atomic mass is 10.0. The van der Waals surface area contributed by atoms with Crippen LogP contribution in [0.25, 0.3) is 0 Å². The number of rotatable bonds is 6. The largest absolute Gasteiger partial charge is 0.464 e. The molecule has 4 atom stereocenters. The molecule has 26 heavy (non-hydrogen) atoms. The third kappa shape index (κ3) is 3.92. The zero-order valence-corrected chi connectivity index (χ0v) is 14.8. The van der Waals surface area contributed by atoms with Gasteiger partial charge in [-0.15, -0.1) is 0 Å². The summed E-state index contributed by atoms with van der Waals surface area (Å²) in [5.74, 6) is -0.546. The molecule has 0 bridgehead atoms. The molecule has 138 valence electrons. The Hall–Kier alpha value is -2.31. The van der Waals surface area contributed by atoms with Gasteiger partial charge in [0.2, 0.25) is 0 Å². The van der Waals surface area contributed by atoms with Gasteiger partial charge in [-0.2, -0.15) is 0 Å². The van der Waals surface area contributed by atoms with Gasteiger partial charge in [0.15, 0.2) is 6.17 Å². The van der Waals surface area contributed by atoms with E-state index in [4.69, 9.17) is 14.2 Å². The molecule has 0 aliphatic carbocycles. The molecule has 1 fully saturated rings. The highest BCUT2D eigenvalue weighted by molar-refractivity contribution is 5.87. The second kappa shape index (κ2) is 8.38. The van der Waals surface area contributed by atoms with Crippen molar-refractivity contribution >= 4 is 5.97 Å². The lowest BCUT2D eigenvalue weighted by Crippen LogP contribution is -2.29. The molecule has 1 aliphatic rings. The number of ether oxygens (including phenoxy) is 3. The van der Waals surface area contributed by atoms with Crippen LogP contribution >= 0.6 is 0 Å². The van der Waals surface area contributed by atoms with Crippen LogP contribution in [0, 0.1) is 0 Å². The Morgan fingerprint density at radius 3 is 2.73 bits per heavy atom. The molecule has 3 rings (SSSR count). The van der Waals surface area contributed by atoms with Crippen molar-refractivity contribution in [3.8, 4) is 0 Å². The fraction of sp³-hybridized carbons (Fsp3) is 0.400. The van der Waals surface area contributed by atoms with Gasteiger partial charge in [0.1, 0.15) is 17.9 Å². The Kier molecular flexibility index (Phi) is 5.96. The van der Waals surface area contributed by atoms with Gasteiger partial charge in [-0.1, -0.05) is 37.3 Å². The lowest BCUT2D eigenvalue weighted by Gasteiger charge is -2.20. The minimum atomic E-state index is -1.25. The fourth-order valence-corrected chi connectivity index (χ4v) is 3.10. The van der Waals surface area contributed by atoms with Crippen LogP contribution in [0.2, 0.25) is 0 Å². The van der Waals surface area contributed by atoms with Gasteiger partial charge in [0.25, 0.3) is 0 Å². The number of hydrogen-bond donors (Lipinski definition) is 0. The number of halogens is 1. The minimum Gasteiger partial charge on any atom is -0.464 e. The molecule has 0 N–H and O–H groups in total. The zero-order chi connectivity index (χ0) is 18.5. The number of esters is 1. The Balaban J connectivity index is 1.82. The van der Waals surface area contributed by atoms with Gasteiger partial charge in [-0.25, -0.2) is 14.2 Å². The molecule has 0 unspecified atom stereocenters. The van der Waals surface area contributed by atoms with Crippen molar-refractivity contribution in [2.45, 2.75) is 44.4 Å². The molecule has 6 heteroatoms. The van der Waals surface area contributed by atoms with Crippen LogP contribution in [-0.2, 0) is 20.8 Å². The summed E-state index contributed by atoms with van der Waals surface area (Å²) in [6, 6.07) is 12.9. The van der Waals surface area contributed by atoms with Gasteiger partial charge in [0, 0.05) is 6.20 Å². The van der Waals surface area contributed by atoms with E-state index in [1.807, 2.05) is 37.3 Å². The Bertz CT molecular complexity index is 740. The van der Waals surface area contributed by atoms with Crippen molar-refractivity contribution in [3.05, 3.63) is 65.5 Å². The third-order valence-corrected chi connectivity index (χ3v) is 4.48. The van der Waals surface area contributed by atoms with E-state index in [2.05, 4.69) is 4.98 Å². The summed E-state index contributed by atoms with van der Waals surface area (Å²) >= 11 is 0. The predicted molar refractivity (Wildman–Crippen MR) is 93.4 cm³/mol. The smallest absolute Gasteiger partial charge is 0.356 e. The summed E-state index contributed by atoms with van der Waals surface area (Å²) in [6.45, 7) is 2.16. The molecule has 0 saturated carbocycles. The van der Waals surface area contributed by atoms with Gasteiger partial charge in [-0.05, 0) is 29.7 Å². The molecule has 0 radical (unpaired) electrons. The number of hydrogen-bond acceptors (Lipinski definition) is 5. The quantitative estimate of drug-likeness (QED) is 0.737. The van der Waals surface area contributed by atoms with Crippen LogP contribution in [0.1, 0.15) is 41.1 Å². The number of pyridine rings is 1. The molecule has 2 heterocycles. The van der Waals surface area contributed by atoms with Crippen LogP contribution in [0.15, 0.2) is 48.7 Å². The van der Waals surface area contributed by atoms with Crippen molar-refractivity contribution in [1.29, 1.82) is 0 Å². The number of methoxy groups -OCH3 is 1. The SMILES string of the molecule is CC[C@H]1O[C@@H](c2ccnc(C(=O)OC)c2)[C@H](OCc2ccccc2)[C@@H]1F. The molecule has 0 amide bonds. The van der Waals surface area contributed by atoms with E-state index in [1.54, 1.807) is 12.1 Å². The Morgan fingerprint density at radius 1 is 1.27 bits per heavy atom. The molecule has 1 aromatic heterocycles. The van der Waals surface area contributed by atoms with E-state index in [1.165, 1.54) is 13.3 Å². The molecule has 2 aromatic rings. The van der Waals surface area contributed by atoms with E-state index in [0.717, 1.165) is 5.56 Å². The highest BCUT2D eigenvalue weighted by atomic mass is 19.1. The van der Waals surface area contributed by atoms with Crippen LogP contribution < -0.4 is 0 Å². The van der Waals surface area contributed by atoms with Crippen LogP contribution in [0.4, 0.5) is 4.39 Å². The van der Waals surface area contributed by atoms with Gasteiger partial charge < -0.3 is 14.2 Å². The van der Waals surface area contributed by atoms with E-state index in [0.29, 0.717) is 12.0 Å². The number of nitrogens with zero attached hydrogens (tertiary/aromatic N) is 1. The molecule has 1 aromatic carbocycles. The number of carbonyl (C=O) groups is 1. The summed E-state index contributed by atoms with van der Waals surface area (Å²) in [4.78, 5) is 15.7. The summed E-state index contributed by atoms with van der Waals surface area (Å²) in [7, 11) is 1.29.